The molecule has 0 radical (unpaired) electrons. The van der Waals surface area contributed by atoms with E-state index in [1.165, 1.54) is 48.1 Å². The maximum Gasteiger partial charge on any atom is 0.189 e. The maximum atomic E-state index is 5.67. The van der Waals surface area contributed by atoms with Crippen molar-refractivity contribution in [3.8, 4) is 5.75 Å². The number of hydrogen-bond donors (Lipinski definition) is 0. The molecule has 0 amide bonds. The van der Waals surface area contributed by atoms with Gasteiger partial charge < -0.3 is 9.47 Å². The molecule has 132 valence electrons. The van der Waals surface area contributed by atoms with Crippen LogP contribution in [0.15, 0.2) is 18.2 Å². The van der Waals surface area contributed by atoms with Crippen molar-refractivity contribution in [2.24, 2.45) is 0 Å². The van der Waals surface area contributed by atoms with Crippen LogP contribution in [0.5, 0.6) is 5.75 Å². The molecule has 0 saturated carbocycles. The third-order valence-electron chi connectivity index (χ3n) is 4.37. The SMILES string of the molecule is CCCCCCCC[Si](C)(C)c1ccc(OCOCC)c(I)c1. The summed E-state index contributed by atoms with van der Waals surface area (Å²) >= 11 is 2.38. The summed E-state index contributed by atoms with van der Waals surface area (Å²) in [5, 5.41) is 1.54. The van der Waals surface area contributed by atoms with E-state index in [-0.39, 0.29) is 0 Å². The molecule has 0 aliphatic heterocycles. The Bertz CT molecular complexity index is 449. The lowest BCUT2D eigenvalue weighted by Gasteiger charge is -2.24. The molecule has 0 saturated heterocycles. The summed E-state index contributed by atoms with van der Waals surface area (Å²) in [7, 11) is -1.33. The predicted octanol–water partition coefficient (Wildman–Crippen LogP) is 5.94. The van der Waals surface area contributed by atoms with Gasteiger partial charge in [-0.15, -0.1) is 0 Å². The van der Waals surface area contributed by atoms with E-state index in [0.29, 0.717) is 13.4 Å². The highest BCUT2D eigenvalue weighted by atomic mass is 127. The molecule has 0 aliphatic carbocycles. The largest absolute Gasteiger partial charge is 0.466 e. The first-order valence-corrected chi connectivity index (χ1v) is 13.3. The van der Waals surface area contributed by atoms with Gasteiger partial charge in [-0.05, 0) is 41.6 Å². The summed E-state index contributed by atoms with van der Waals surface area (Å²) in [4.78, 5) is 0. The fourth-order valence-electron chi connectivity index (χ4n) is 2.72. The van der Waals surface area contributed by atoms with Gasteiger partial charge in [0.05, 0.1) is 11.6 Å². The van der Waals surface area contributed by atoms with Crippen LogP contribution in [-0.2, 0) is 4.74 Å². The highest BCUT2D eigenvalue weighted by molar-refractivity contribution is 14.1. The van der Waals surface area contributed by atoms with Crippen molar-refractivity contribution in [1.29, 1.82) is 0 Å². The summed E-state index contributed by atoms with van der Waals surface area (Å²) in [6.07, 6.45) is 8.30. The minimum atomic E-state index is -1.33. The molecule has 1 rings (SSSR count). The van der Waals surface area contributed by atoms with Crippen molar-refractivity contribution in [3.05, 3.63) is 21.8 Å². The average Bonchev–Trinajstić information content (AvgIpc) is 2.52. The zero-order chi connectivity index (χ0) is 17.1. The minimum absolute atomic E-state index is 0.338. The standard InChI is InChI=1S/C19H33IO2Si/c1-5-7-8-9-10-11-14-23(3,4)17-12-13-19(18(20)15-17)22-16-21-6-2/h12-13,15H,5-11,14,16H2,1-4H3. The highest BCUT2D eigenvalue weighted by Crippen LogP contribution is 2.23. The Kier molecular flexibility index (Phi) is 10.5. The van der Waals surface area contributed by atoms with Gasteiger partial charge in [0, 0.05) is 6.61 Å². The van der Waals surface area contributed by atoms with Crippen LogP contribution >= 0.6 is 22.6 Å². The van der Waals surface area contributed by atoms with Crippen LogP contribution in [0.25, 0.3) is 0 Å². The van der Waals surface area contributed by atoms with Crippen molar-refractivity contribution in [2.75, 3.05) is 13.4 Å². The molecule has 0 atom stereocenters. The molecule has 0 bridgehead atoms. The molecular weight excluding hydrogens is 415 g/mol. The lowest BCUT2D eigenvalue weighted by molar-refractivity contribution is 0.0219. The molecule has 0 unspecified atom stereocenters. The summed E-state index contributed by atoms with van der Waals surface area (Å²) in [5.41, 5.74) is 0. The van der Waals surface area contributed by atoms with Crippen LogP contribution in [0.4, 0.5) is 0 Å². The smallest absolute Gasteiger partial charge is 0.189 e. The molecule has 1 aromatic rings. The lowest BCUT2D eigenvalue weighted by atomic mass is 10.1. The quantitative estimate of drug-likeness (QED) is 0.171. The molecule has 4 heteroatoms. The van der Waals surface area contributed by atoms with Gasteiger partial charge in [-0.25, -0.2) is 0 Å². The monoisotopic (exact) mass is 448 g/mol. The van der Waals surface area contributed by atoms with Gasteiger partial charge >= 0.3 is 0 Å². The Hall–Kier alpha value is -0.0731. The van der Waals surface area contributed by atoms with Crippen LogP contribution in [0, 0.1) is 3.57 Å². The van der Waals surface area contributed by atoms with Gasteiger partial charge in [-0.3, -0.25) is 0 Å². The minimum Gasteiger partial charge on any atom is -0.466 e. The molecule has 0 fully saturated rings. The third-order valence-corrected chi connectivity index (χ3v) is 8.69. The average molecular weight is 448 g/mol. The Morgan fingerprint density at radius 3 is 2.35 bits per heavy atom. The van der Waals surface area contributed by atoms with Crippen molar-refractivity contribution in [1.82, 2.24) is 0 Å². The van der Waals surface area contributed by atoms with Crippen molar-refractivity contribution >= 4 is 35.9 Å². The molecule has 2 nitrogen and oxygen atoms in total. The fraction of sp³-hybridized carbons (Fsp3) is 0.684. The molecule has 23 heavy (non-hydrogen) atoms. The second-order valence-electron chi connectivity index (χ2n) is 6.80. The van der Waals surface area contributed by atoms with E-state index >= 15 is 0 Å². The van der Waals surface area contributed by atoms with E-state index in [2.05, 4.69) is 60.8 Å². The van der Waals surface area contributed by atoms with Gasteiger partial charge in [-0.1, -0.05) is 75.8 Å². The van der Waals surface area contributed by atoms with E-state index in [1.807, 2.05) is 6.92 Å². The first-order valence-electron chi connectivity index (χ1n) is 9.01. The van der Waals surface area contributed by atoms with E-state index in [4.69, 9.17) is 9.47 Å². The van der Waals surface area contributed by atoms with Gasteiger partial charge in [0.25, 0.3) is 0 Å². The second-order valence-corrected chi connectivity index (χ2v) is 12.8. The van der Waals surface area contributed by atoms with Crippen molar-refractivity contribution in [2.45, 2.75) is 71.5 Å². The summed E-state index contributed by atoms with van der Waals surface area (Å²) in [6.45, 7) is 10.3. The van der Waals surface area contributed by atoms with Gasteiger partial charge in [0.15, 0.2) is 6.79 Å². The Morgan fingerprint density at radius 1 is 1.00 bits per heavy atom. The molecule has 0 N–H and O–H groups in total. The van der Waals surface area contributed by atoms with Crippen molar-refractivity contribution < 1.29 is 9.47 Å². The zero-order valence-electron chi connectivity index (χ0n) is 15.3. The van der Waals surface area contributed by atoms with Crippen LogP contribution < -0.4 is 9.92 Å². The number of halogens is 1. The molecule has 0 heterocycles. The van der Waals surface area contributed by atoms with Gasteiger partial charge in [0.1, 0.15) is 5.75 Å². The number of hydrogen-bond acceptors (Lipinski definition) is 2. The van der Waals surface area contributed by atoms with Crippen LogP contribution in [0.2, 0.25) is 19.1 Å². The van der Waals surface area contributed by atoms with Crippen LogP contribution in [0.3, 0.4) is 0 Å². The zero-order valence-corrected chi connectivity index (χ0v) is 18.4. The van der Waals surface area contributed by atoms with Crippen LogP contribution in [-0.4, -0.2) is 21.5 Å². The van der Waals surface area contributed by atoms with Gasteiger partial charge in [-0.2, -0.15) is 0 Å². The van der Waals surface area contributed by atoms with E-state index < -0.39 is 8.07 Å². The second kappa shape index (κ2) is 11.5. The first-order chi connectivity index (χ1) is 11.0. The molecule has 0 spiro atoms. The maximum absolute atomic E-state index is 5.67. The van der Waals surface area contributed by atoms with Crippen LogP contribution in [0.1, 0.15) is 52.4 Å². The molecular formula is C19H33IO2Si. The van der Waals surface area contributed by atoms with Crippen molar-refractivity contribution in [3.63, 3.8) is 0 Å². The Balaban J connectivity index is 2.50. The Labute approximate surface area is 157 Å². The summed E-state index contributed by atoms with van der Waals surface area (Å²) in [5.74, 6) is 0.937. The molecule has 0 aliphatic rings. The normalized spacial score (nSPS) is 11.7. The molecule has 1 aromatic carbocycles. The van der Waals surface area contributed by atoms with Gasteiger partial charge in [0.2, 0.25) is 0 Å². The number of benzene rings is 1. The fourth-order valence-corrected chi connectivity index (χ4v) is 6.18. The van der Waals surface area contributed by atoms with E-state index in [0.717, 1.165) is 5.75 Å². The third kappa shape index (κ3) is 8.03. The number of ether oxygens (including phenoxy) is 2. The molecule has 0 aromatic heterocycles. The van der Waals surface area contributed by atoms with E-state index in [9.17, 15) is 0 Å². The first kappa shape index (κ1) is 21.0. The lowest BCUT2D eigenvalue weighted by Crippen LogP contribution is -2.41. The summed E-state index contributed by atoms with van der Waals surface area (Å²) < 4.78 is 12.1. The Morgan fingerprint density at radius 2 is 1.70 bits per heavy atom. The van der Waals surface area contributed by atoms with E-state index in [1.54, 1.807) is 5.19 Å². The number of unbranched alkanes of at least 4 members (excludes halogenated alkanes) is 5. The number of rotatable bonds is 12. The summed E-state index contributed by atoms with van der Waals surface area (Å²) in [6, 6.07) is 8.10. The predicted molar refractivity (Wildman–Crippen MR) is 112 cm³/mol. The highest BCUT2D eigenvalue weighted by Gasteiger charge is 2.23. The topological polar surface area (TPSA) is 18.5 Å².